The van der Waals surface area contributed by atoms with Crippen LogP contribution in [0.4, 0.5) is 0 Å². The third-order valence-electron chi connectivity index (χ3n) is 1.87. The zero-order valence-corrected chi connectivity index (χ0v) is 9.37. The van der Waals surface area contributed by atoms with E-state index in [1.165, 1.54) is 5.56 Å². The van der Waals surface area contributed by atoms with Gasteiger partial charge in [0, 0.05) is 5.56 Å². The van der Waals surface area contributed by atoms with Gasteiger partial charge in [-0.2, -0.15) is 0 Å². The van der Waals surface area contributed by atoms with Crippen molar-refractivity contribution in [3.8, 4) is 5.75 Å². The minimum atomic E-state index is 0.224. The van der Waals surface area contributed by atoms with Gasteiger partial charge < -0.3 is 4.74 Å². The molecule has 0 atom stereocenters. The molecule has 1 aromatic carbocycles. The number of hydrogen-bond donors (Lipinski definition) is 0. The van der Waals surface area contributed by atoms with E-state index in [9.17, 15) is 0 Å². The molecule has 0 saturated heterocycles. The lowest BCUT2D eigenvalue weighted by molar-refractivity contribution is 0.242. The molecule has 0 N–H and O–H groups in total. The highest BCUT2D eigenvalue weighted by Gasteiger charge is 2.02. The Kier molecular flexibility index (Phi) is 3.75. The van der Waals surface area contributed by atoms with Gasteiger partial charge in [0.2, 0.25) is 0 Å². The summed E-state index contributed by atoms with van der Waals surface area (Å²) in [7, 11) is 0. The fraction of sp³-hybridized carbons (Fsp3) is 0.385. The van der Waals surface area contributed by atoms with Crippen LogP contribution in [0.25, 0.3) is 6.08 Å². The van der Waals surface area contributed by atoms with Crippen molar-refractivity contribution in [1.82, 2.24) is 0 Å². The van der Waals surface area contributed by atoms with Gasteiger partial charge in [-0.15, -0.1) is 0 Å². The molecule has 0 aliphatic carbocycles. The standard InChI is InChI=1S/C13H18O/c1-5-6-12-9-11(4)7-8-13(12)14-10(2)3/h5-10H,1-4H3. The van der Waals surface area contributed by atoms with Crippen LogP contribution in [-0.2, 0) is 0 Å². The first-order chi connectivity index (χ1) is 6.63. The summed E-state index contributed by atoms with van der Waals surface area (Å²) < 4.78 is 5.70. The van der Waals surface area contributed by atoms with E-state index < -0.39 is 0 Å². The molecule has 0 aliphatic rings. The maximum absolute atomic E-state index is 5.70. The first-order valence-electron chi connectivity index (χ1n) is 5.03. The monoisotopic (exact) mass is 190 g/mol. The predicted molar refractivity (Wildman–Crippen MR) is 61.7 cm³/mol. The van der Waals surface area contributed by atoms with Crippen molar-refractivity contribution in [3.05, 3.63) is 35.4 Å². The van der Waals surface area contributed by atoms with Crippen molar-refractivity contribution >= 4 is 6.08 Å². The topological polar surface area (TPSA) is 9.23 Å². The number of allylic oxidation sites excluding steroid dienone is 1. The van der Waals surface area contributed by atoms with Gasteiger partial charge in [0.05, 0.1) is 6.10 Å². The second-order valence-corrected chi connectivity index (χ2v) is 3.71. The van der Waals surface area contributed by atoms with Crippen LogP contribution in [-0.4, -0.2) is 6.10 Å². The maximum atomic E-state index is 5.70. The Morgan fingerprint density at radius 3 is 2.57 bits per heavy atom. The summed E-state index contributed by atoms with van der Waals surface area (Å²) in [6.07, 6.45) is 4.33. The summed E-state index contributed by atoms with van der Waals surface area (Å²) in [5.74, 6) is 0.962. The van der Waals surface area contributed by atoms with Crippen LogP contribution in [0.1, 0.15) is 31.9 Å². The predicted octanol–water partition coefficient (Wildman–Crippen LogP) is 3.82. The van der Waals surface area contributed by atoms with E-state index in [4.69, 9.17) is 4.74 Å². The molecule has 0 unspecified atom stereocenters. The van der Waals surface area contributed by atoms with Crippen LogP contribution >= 0.6 is 0 Å². The molecule has 1 nitrogen and oxygen atoms in total. The summed E-state index contributed by atoms with van der Waals surface area (Å²) in [6, 6.07) is 6.24. The van der Waals surface area contributed by atoms with Crippen molar-refractivity contribution in [3.63, 3.8) is 0 Å². The lowest BCUT2D eigenvalue weighted by Gasteiger charge is -2.12. The summed E-state index contributed by atoms with van der Waals surface area (Å²) in [5, 5.41) is 0. The van der Waals surface area contributed by atoms with Crippen molar-refractivity contribution in [2.45, 2.75) is 33.8 Å². The molecule has 1 heteroatoms. The molecule has 0 spiro atoms. The van der Waals surface area contributed by atoms with Crippen LogP contribution < -0.4 is 4.74 Å². The van der Waals surface area contributed by atoms with Gasteiger partial charge in [-0.25, -0.2) is 0 Å². The first-order valence-corrected chi connectivity index (χ1v) is 5.03. The Bertz CT molecular complexity index is 324. The molecule has 1 aromatic rings. The highest BCUT2D eigenvalue weighted by atomic mass is 16.5. The van der Waals surface area contributed by atoms with Gasteiger partial charge in [0.25, 0.3) is 0 Å². The number of rotatable bonds is 3. The van der Waals surface area contributed by atoms with Gasteiger partial charge >= 0.3 is 0 Å². The summed E-state index contributed by atoms with van der Waals surface area (Å²) in [4.78, 5) is 0. The van der Waals surface area contributed by atoms with Crippen LogP contribution in [0, 0.1) is 6.92 Å². The number of benzene rings is 1. The second-order valence-electron chi connectivity index (χ2n) is 3.71. The number of ether oxygens (including phenoxy) is 1. The minimum absolute atomic E-state index is 0.224. The van der Waals surface area contributed by atoms with E-state index in [0.29, 0.717) is 0 Å². The summed E-state index contributed by atoms with van der Waals surface area (Å²) in [6.45, 7) is 8.19. The molecule has 76 valence electrons. The minimum Gasteiger partial charge on any atom is -0.490 e. The molecule has 0 heterocycles. The van der Waals surface area contributed by atoms with Crippen molar-refractivity contribution in [1.29, 1.82) is 0 Å². The molecular weight excluding hydrogens is 172 g/mol. The second kappa shape index (κ2) is 4.85. The van der Waals surface area contributed by atoms with E-state index in [0.717, 1.165) is 11.3 Å². The van der Waals surface area contributed by atoms with Crippen LogP contribution in [0.5, 0.6) is 5.75 Å². The highest BCUT2D eigenvalue weighted by molar-refractivity contribution is 5.58. The third-order valence-corrected chi connectivity index (χ3v) is 1.87. The smallest absolute Gasteiger partial charge is 0.126 e. The average molecular weight is 190 g/mol. The lowest BCUT2D eigenvalue weighted by atomic mass is 10.1. The van der Waals surface area contributed by atoms with E-state index in [2.05, 4.69) is 25.1 Å². The summed E-state index contributed by atoms with van der Waals surface area (Å²) >= 11 is 0. The van der Waals surface area contributed by atoms with E-state index in [1.54, 1.807) is 0 Å². The normalized spacial score (nSPS) is 11.2. The van der Waals surface area contributed by atoms with Crippen LogP contribution in [0.15, 0.2) is 24.3 Å². The van der Waals surface area contributed by atoms with E-state index in [-0.39, 0.29) is 6.10 Å². The van der Waals surface area contributed by atoms with Crippen molar-refractivity contribution < 1.29 is 4.74 Å². The zero-order valence-electron chi connectivity index (χ0n) is 9.37. The largest absolute Gasteiger partial charge is 0.490 e. The molecule has 0 radical (unpaired) electrons. The molecular formula is C13H18O. The Balaban J connectivity index is 3.01. The van der Waals surface area contributed by atoms with Crippen LogP contribution in [0.3, 0.4) is 0 Å². The van der Waals surface area contributed by atoms with Gasteiger partial charge in [-0.1, -0.05) is 23.8 Å². The molecule has 14 heavy (non-hydrogen) atoms. The maximum Gasteiger partial charge on any atom is 0.126 e. The zero-order chi connectivity index (χ0) is 10.6. The Morgan fingerprint density at radius 1 is 1.29 bits per heavy atom. The fourth-order valence-corrected chi connectivity index (χ4v) is 1.34. The van der Waals surface area contributed by atoms with Gasteiger partial charge in [0.15, 0.2) is 0 Å². The third kappa shape index (κ3) is 2.91. The van der Waals surface area contributed by atoms with Crippen LogP contribution in [0.2, 0.25) is 0 Å². The Labute approximate surface area is 86.4 Å². The van der Waals surface area contributed by atoms with E-state index in [1.807, 2.05) is 32.9 Å². The lowest BCUT2D eigenvalue weighted by Crippen LogP contribution is -2.06. The van der Waals surface area contributed by atoms with E-state index >= 15 is 0 Å². The molecule has 0 amide bonds. The molecule has 0 fully saturated rings. The fourth-order valence-electron chi connectivity index (χ4n) is 1.34. The number of hydrogen-bond acceptors (Lipinski definition) is 1. The van der Waals surface area contributed by atoms with Gasteiger partial charge in [0.1, 0.15) is 5.75 Å². The first kappa shape index (κ1) is 10.8. The van der Waals surface area contributed by atoms with Gasteiger partial charge in [-0.3, -0.25) is 0 Å². The molecule has 1 rings (SSSR count). The van der Waals surface area contributed by atoms with Crippen molar-refractivity contribution in [2.75, 3.05) is 0 Å². The quantitative estimate of drug-likeness (QED) is 0.704. The molecule has 0 aromatic heterocycles. The molecule has 0 saturated carbocycles. The number of aryl methyl sites for hydroxylation is 1. The molecule has 0 aliphatic heterocycles. The van der Waals surface area contributed by atoms with Crippen molar-refractivity contribution in [2.24, 2.45) is 0 Å². The Hall–Kier alpha value is -1.24. The average Bonchev–Trinajstić information content (AvgIpc) is 2.09. The highest BCUT2D eigenvalue weighted by Crippen LogP contribution is 2.22. The SMILES string of the molecule is CC=Cc1cc(C)ccc1OC(C)C. The Morgan fingerprint density at radius 2 is 2.00 bits per heavy atom. The summed E-state index contributed by atoms with van der Waals surface area (Å²) in [5.41, 5.74) is 2.41. The molecule has 0 bridgehead atoms. The van der Waals surface area contributed by atoms with Gasteiger partial charge in [-0.05, 0) is 39.8 Å².